The van der Waals surface area contributed by atoms with Crippen LogP contribution in [0.15, 0.2) is 27.2 Å². The number of carbonyl (C=O) groups is 2. The number of amides is 2. The van der Waals surface area contributed by atoms with Gasteiger partial charge in [0.15, 0.2) is 0 Å². The summed E-state index contributed by atoms with van der Waals surface area (Å²) in [6.45, 7) is 2.18. The first-order valence-corrected chi connectivity index (χ1v) is 7.83. The van der Waals surface area contributed by atoms with Gasteiger partial charge in [-0.1, -0.05) is 0 Å². The number of urea groups is 1. The second-order valence-electron chi connectivity index (χ2n) is 4.34. The van der Waals surface area contributed by atoms with Crippen molar-refractivity contribution in [3.63, 3.8) is 0 Å². The number of ether oxygens (including phenoxy) is 2. The Morgan fingerprint density at radius 1 is 1.43 bits per heavy atom. The Labute approximate surface area is 134 Å². The first-order valence-electron chi connectivity index (χ1n) is 6.22. The number of thiophene rings is 1. The monoisotopic (exact) mass is 374 g/mol. The maximum absolute atomic E-state index is 12.2. The molecule has 1 aromatic heterocycles. The molecule has 0 bridgehead atoms. The van der Waals surface area contributed by atoms with Gasteiger partial charge in [0.2, 0.25) is 0 Å². The van der Waals surface area contributed by atoms with Crippen LogP contribution in [0.3, 0.4) is 0 Å². The van der Waals surface area contributed by atoms with Crippen LogP contribution in [-0.2, 0) is 14.3 Å². The molecule has 114 valence electrons. The topological polar surface area (TPSA) is 76.7 Å². The fraction of sp³-hybridized carbons (Fsp3) is 0.385. The molecule has 2 amide bonds. The summed E-state index contributed by atoms with van der Waals surface area (Å²) in [6, 6.07) is 2.89. The lowest BCUT2D eigenvalue weighted by Crippen LogP contribution is -2.45. The van der Waals surface area contributed by atoms with Crippen molar-refractivity contribution < 1.29 is 19.1 Å². The lowest BCUT2D eigenvalue weighted by atomic mass is 10.0. The number of halogens is 1. The summed E-state index contributed by atoms with van der Waals surface area (Å²) >= 11 is 4.83. The number of methoxy groups -OCH3 is 1. The molecule has 2 rings (SSSR count). The average molecular weight is 375 g/mol. The number of esters is 1. The van der Waals surface area contributed by atoms with E-state index in [1.807, 2.05) is 12.1 Å². The summed E-state index contributed by atoms with van der Waals surface area (Å²) < 4.78 is 10.9. The van der Waals surface area contributed by atoms with Gasteiger partial charge >= 0.3 is 12.0 Å². The molecule has 21 heavy (non-hydrogen) atoms. The van der Waals surface area contributed by atoms with Gasteiger partial charge in [0, 0.05) is 17.7 Å². The van der Waals surface area contributed by atoms with Gasteiger partial charge < -0.3 is 20.1 Å². The molecular formula is C13H15BrN2O4S. The minimum Gasteiger partial charge on any atom is -0.460 e. The lowest BCUT2D eigenvalue weighted by Gasteiger charge is -2.27. The Kier molecular flexibility index (Phi) is 5.38. The highest BCUT2D eigenvalue weighted by atomic mass is 79.9. The van der Waals surface area contributed by atoms with Crippen LogP contribution in [-0.4, -0.2) is 32.3 Å². The molecule has 0 aromatic carbocycles. The molecule has 2 N–H and O–H groups in total. The molecule has 0 fully saturated rings. The smallest absolute Gasteiger partial charge is 0.338 e. The van der Waals surface area contributed by atoms with Crippen LogP contribution in [0.1, 0.15) is 17.8 Å². The van der Waals surface area contributed by atoms with Crippen molar-refractivity contribution in [3.05, 3.63) is 32.1 Å². The van der Waals surface area contributed by atoms with Crippen molar-refractivity contribution in [2.75, 3.05) is 20.3 Å². The van der Waals surface area contributed by atoms with Crippen molar-refractivity contribution in [3.8, 4) is 0 Å². The lowest BCUT2D eigenvalue weighted by molar-refractivity contribution is -0.140. The Morgan fingerprint density at radius 2 is 2.19 bits per heavy atom. The third-order valence-corrected chi connectivity index (χ3v) is 4.58. The van der Waals surface area contributed by atoms with E-state index in [0.29, 0.717) is 17.9 Å². The number of allylic oxidation sites excluding steroid dienone is 1. The Morgan fingerprint density at radius 3 is 2.81 bits per heavy atom. The van der Waals surface area contributed by atoms with Gasteiger partial charge in [-0.3, -0.25) is 0 Å². The van der Waals surface area contributed by atoms with Crippen LogP contribution in [0, 0.1) is 0 Å². The minimum absolute atomic E-state index is 0.168. The van der Waals surface area contributed by atoms with E-state index in [9.17, 15) is 9.59 Å². The Bertz CT molecular complexity index is 584. The van der Waals surface area contributed by atoms with Crippen LogP contribution >= 0.6 is 27.3 Å². The van der Waals surface area contributed by atoms with Gasteiger partial charge in [0.1, 0.15) is 6.61 Å². The number of hydrogen-bond donors (Lipinski definition) is 2. The van der Waals surface area contributed by atoms with Crippen LogP contribution in [0.2, 0.25) is 0 Å². The standard InChI is InChI=1S/C13H15BrN2O4S/c1-7-10(12(17)20-6-5-19-2)11(16-13(18)15-7)8-3-4-9(14)21-8/h3-4,11H,5-6H2,1-2H3,(H2,15,16,18)/t11-/m0/s1. The summed E-state index contributed by atoms with van der Waals surface area (Å²) in [5.74, 6) is -0.466. The first-order chi connectivity index (χ1) is 10.0. The summed E-state index contributed by atoms with van der Waals surface area (Å²) in [6.07, 6.45) is 0. The molecule has 1 aliphatic heterocycles. The second kappa shape index (κ2) is 7.06. The van der Waals surface area contributed by atoms with Crippen molar-refractivity contribution in [1.29, 1.82) is 0 Å². The van der Waals surface area contributed by atoms with Gasteiger partial charge in [-0.25, -0.2) is 9.59 Å². The molecule has 1 aromatic rings. The van der Waals surface area contributed by atoms with E-state index >= 15 is 0 Å². The molecule has 8 heteroatoms. The van der Waals surface area contributed by atoms with Crippen LogP contribution in [0.5, 0.6) is 0 Å². The Balaban J connectivity index is 2.26. The number of rotatable bonds is 5. The van der Waals surface area contributed by atoms with E-state index in [0.717, 1.165) is 8.66 Å². The largest absolute Gasteiger partial charge is 0.460 e. The molecule has 0 aliphatic carbocycles. The first kappa shape index (κ1) is 16.0. The summed E-state index contributed by atoms with van der Waals surface area (Å²) in [5.41, 5.74) is 0.899. The van der Waals surface area contributed by atoms with Crippen LogP contribution in [0.4, 0.5) is 4.79 Å². The number of hydrogen-bond acceptors (Lipinski definition) is 5. The molecule has 1 aliphatic rings. The third-order valence-electron chi connectivity index (χ3n) is 2.89. The zero-order valence-electron chi connectivity index (χ0n) is 11.6. The van der Waals surface area contributed by atoms with Crippen LogP contribution < -0.4 is 10.6 Å². The molecule has 0 radical (unpaired) electrons. The highest BCUT2D eigenvalue weighted by molar-refractivity contribution is 9.11. The van der Waals surface area contributed by atoms with E-state index in [1.165, 1.54) is 18.4 Å². The second-order valence-corrected chi connectivity index (χ2v) is 6.84. The zero-order valence-corrected chi connectivity index (χ0v) is 14.0. The quantitative estimate of drug-likeness (QED) is 0.612. The van der Waals surface area contributed by atoms with Gasteiger partial charge in [-0.05, 0) is 35.0 Å². The van der Waals surface area contributed by atoms with E-state index in [4.69, 9.17) is 9.47 Å². The van der Waals surface area contributed by atoms with Gasteiger partial charge in [-0.15, -0.1) is 11.3 Å². The normalized spacial score (nSPS) is 18.2. The van der Waals surface area contributed by atoms with Crippen molar-refractivity contribution >= 4 is 39.3 Å². The van der Waals surface area contributed by atoms with Crippen molar-refractivity contribution in [1.82, 2.24) is 10.6 Å². The highest BCUT2D eigenvalue weighted by Gasteiger charge is 2.33. The highest BCUT2D eigenvalue weighted by Crippen LogP contribution is 2.34. The van der Waals surface area contributed by atoms with Gasteiger partial charge in [0.25, 0.3) is 0 Å². The molecule has 0 unspecified atom stereocenters. The molecule has 6 nitrogen and oxygen atoms in total. The third kappa shape index (κ3) is 3.84. The molecule has 0 saturated heterocycles. The number of nitrogens with one attached hydrogen (secondary N) is 2. The van der Waals surface area contributed by atoms with Crippen molar-refractivity contribution in [2.24, 2.45) is 0 Å². The predicted octanol–water partition coefficient (Wildman–Crippen LogP) is 2.33. The summed E-state index contributed by atoms with van der Waals surface area (Å²) in [4.78, 5) is 24.8. The molecule has 0 spiro atoms. The fourth-order valence-corrected chi connectivity index (χ4v) is 3.44. The van der Waals surface area contributed by atoms with E-state index in [1.54, 1.807) is 6.92 Å². The van der Waals surface area contributed by atoms with Gasteiger partial charge in [0.05, 0.1) is 22.0 Å². The van der Waals surface area contributed by atoms with Gasteiger partial charge in [-0.2, -0.15) is 0 Å². The number of carbonyl (C=O) groups excluding carboxylic acids is 2. The zero-order chi connectivity index (χ0) is 15.4. The molecule has 2 heterocycles. The maximum atomic E-state index is 12.2. The molecule has 1 atom stereocenters. The fourth-order valence-electron chi connectivity index (χ4n) is 1.96. The van der Waals surface area contributed by atoms with E-state index in [-0.39, 0.29) is 12.6 Å². The predicted molar refractivity (Wildman–Crippen MR) is 82.0 cm³/mol. The van der Waals surface area contributed by atoms with E-state index < -0.39 is 12.0 Å². The average Bonchev–Trinajstić information content (AvgIpc) is 2.84. The van der Waals surface area contributed by atoms with Crippen LogP contribution in [0.25, 0.3) is 0 Å². The summed E-state index contributed by atoms with van der Waals surface area (Å²) in [7, 11) is 1.53. The van der Waals surface area contributed by atoms with Crippen molar-refractivity contribution in [2.45, 2.75) is 13.0 Å². The molecule has 0 saturated carbocycles. The minimum atomic E-state index is -0.509. The molecular weight excluding hydrogens is 360 g/mol. The van der Waals surface area contributed by atoms with E-state index in [2.05, 4.69) is 26.6 Å². The summed E-state index contributed by atoms with van der Waals surface area (Å²) in [5, 5.41) is 5.34. The SMILES string of the molecule is COCCOC(=O)C1=C(C)NC(=O)N[C@H]1c1ccc(Br)s1. The Hall–Kier alpha value is -1.38. The maximum Gasteiger partial charge on any atom is 0.338 e.